The Hall–Kier alpha value is -1.76. The van der Waals surface area contributed by atoms with Gasteiger partial charge in [0, 0.05) is 43.3 Å². The first-order valence-electron chi connectivity index (χ1n) is 6.67. The summed E-state index contributed by atoms with van der Waals surface area (Å²) >= 11 is 0. The van der Waals surface area contributed by atoms with Gasteiger partial charge in [-0.15, -0.1) is 0 Å². The Balaban J connectivity index is 2.03. The SMILES string of the molecule is Cn1cc2c(C(F)F)cc(N3CCC(N)CC3)nc2n1. The van der Waals surface area contributed by atoms with Crippen molar-refractivity contribution >= 4 is 16.9 Å². The van der Waals surface area contributed by atoms with Gasteiger partial charge in [0.1, 0.15) is 5.82 Å². The fourth-order valence-electron chi connectivity index (χ4n) is 2.59. The highest BCUT2D eigenvalue weighted by atomic mass is 19.3. The second kappa shape index (κ2) is 4.97. The van der Waals surface area contributed by atoms with Crippen molar-refractivity contribution in [1.82, 2.24) is 14.8 Å². The van der Waals surface area contributed by atoms with Gasteiger partial charge in [0.05, 0.1) is 0 Å². The summed E-state index contributed by atoms with van der Waals surface area (Å²) in [6.45, 7) is 1.49. The molecule has 1 aliphatic rings. The van der Waals surface area contributed by atoms with E-state index in [1.165, 1.54) is 10.7 Å². The van der Waals surface area contributed by atoms with Gasteiger partial charge in [0.2, 0.25) is 0 Å². The van der Waals surface area contributed by atoms with E-state index in [0.717, 1.165) is 25.9 Å². The van der Waals surface area contributed by atoms with E-state index < -0.39 is 6.43 Å². The molecule has 0 amide bonds. The Labute approximate surface area is 115 Å². The Morgan fingerprint density at radius 3 is 2.70 bits per heavy atom. The summed E-state index contributed by atoms with van der Waals surface area (Å²) in [5.41, 5.74) is 6.23. The molecule has 7 heteroatoms. The lowest BCUT2D eigenvalue weighted by molar-refractivity contribution is 0.153. The number of piperidine rings is 1. The number of rotatable bonds is 2. The molecule has 0 radical (unpaired) electrons. The third kappa shape index (κ3) is 2.33. The van der Waals surface area contributed by atoms with Gasteiger partial charge >= 0.3 is 0 Å². The number of hydrogen-bond acceptors (Lipinski definition) is 4. The highest BCUT2D eigenvalue weighted by Crippen LogP contribution is 2.30. The van der Waals surface area contributed by atoms with E-state index in [1.54, 1.807) is 13.2 Å². The molecule has 0 atom stereocenters. The first-order valence-corrected chi connectivity index (χ1v) is 6.67. The Kier molecular flexibility index (Phi) is 3.29. The summed E-state index contributed by atoms with van der Waals surface area (Å²) in [6.07, 6.45) is 0.757. The molecule has 3 heterocycles. The molecular formula is C13H17F2N5. The number of aryl methyl sites for hydroxylation is 1. The maximum atomic E-state index is 13.2. The van der Waals surface area contributed by atoms with Crippen LogP contribution in [0.3, 0.4) is 0 Å². The Morgan fingerprint density at radius 2 is 2.05 bits per heavy atom. The van der Waals surface area contributed by atoms with E-state index in [0.29, 0.717) is 16.9 Å². The van der Waals surface area contributed by atoms with Crippen molar-refractivity contribution in [3.63, 3.8) is 0 Å². The predicted molar refractivity (Wildman–Crippen MR) is 72.9 cm³/mol. The molecule has 5 nitrogen and oxygen atoms in total. The molecule has 0 aliphatic carbocycles. The van der Waals surface area contributed by atoms with Crippen LogP contribution in [-0.4, -0.2) is 33.9 Å². The first-order chi connectivity index (χ1) is 9.54. The van der Waals surface area contributed by atoms with Gasteiger partial charge in [-0.2, -0.15) is 5.10 Å². The smallest absolute Gasteiger partial charge is 0.264 e. The molecule has 1 fully saturated rings. The number of aromatic nitrogens is 3. The van der Waals surface area contributed by atoms with E-state index in [2.05, 4.69) is 10.1 Å². The summed E-state index contributed by atoms with van der Waals surface area (Å²) in [5.74, 6) is 0.568. The zero-order valence-electron chi connectivity index (χ0n) is 11.3. The predicted octanol–water partition coefficient (Wildman–Crippen LogP) is 1.83. The molecule has 2 N–H and O–H groups in total. The van der Waals surface area contributed by atoms with Crippen molar-refractivity contribution in [2.24, 2.45) is 12.8 Å². The van der Waals surface area contributed by atoms with Crippen LogP contribution in [0, 0.1) is 0 Å². The van der Waals surface area contributed by atoms with Crippen molar-refractivity contribution < 1.29 is 8.78 Å². The quantitative estimate of drug-likeness (QED) is 0.912. The molecule has 0 saturated carbocycles. The molecule has 20 heavy (non-hydrogen) atoms. The largest absolute Gasteiger partial charge is 0.356 e. The van der Waals surface area contributed by atoms with Crippen LogP contribution in [0.4, 0.5) is 14.6 Å². The van der Waals surface area contributed by atoms with Crippen molar-refractivity contribution in [2.45, 2.75) is 25.3 Å². The summed E-state index contributed by atoms with van der Waals surface area (Å²) in [4.78, 5) is 6.41. The van der Waals surface area contributed by atoms with Gasteiger partial charge in [-0.1, -0.05) is 0 Å². The Bertz CT molecular complexity index is 616. The van der Waals surface area contributed by atoms with E-state index >= 15 is 0 Å². The van der Waals surface area contributed by atoms with Crippen molar-refractivity contribution in [3.05, 3.63) is 17.8 Å². The zero-order valence-corrected chi connectivity index (χ0v) is 11.3. The maximum Gasteiger partial charge on any atom is 0.264 e. The highest BCUT2D eigenvalue weighted by molar-refractivity contribution is 5.80. The van der Waals surface area contributed by atoms with Crippen LogP contribution in [0.5, 0.6) is 0 Å². The summed E-state index contributed by atoms with van der Waals surface area (Å²) in [7, 11) is 1.70. The third-order valence-electron chi connectivity index (χ3n) is 3.72. The minimum atomic E-state index is -2.53. The van der Waals surface area contributed by atoms with Crippen LogP contribution < -0.4 is 10.6 Å². The number of alkyl halides is 2. The van der Waals surface area contributed by atoms with Gasteiger partial charge in [0.15, 0.2) is 5.65 Å². The second-order valence-electron chi connectivity index (χ2n) is 5.23. The second-order valence-corrected chi connectivity index (χ2v) is 5.23. The van der Waals surface area contributed by atoms with Crippen molar-refractivity contribution in [1.29, 1.82) is 0 Å². The molecule has 1 aliphatic heterocycles. The van der Waals surface area contributed by atoms with E-state index in [4.69, 9.17) is 5.73 Å². The number of fused-ring (bicyclic) bond motifs is 1. The Morgan fingerprint density at radius 1 is 1.35 bits per heavy atom. The fraction of sp³-hybridized carbons (Fsp3) is 0.538. The lowest BCUT2D eigenvalue weighted by Gasteiger charge is -2.31. The van der Waals surface area contributed by atoms with Gasteiger partial charge in [0.25, 0.3) is 6.43 Å². The number of hydrogen-bond donors (Lipinski definition) is 1. The molecule has 2 aromatic heterocycles. The zero-order chi connectivity index (χ0) is 14.3. The lowest BCUT2D eigenvalue weighted by atomic mass is 10.1. The average Bonchev–Trinajstić information content (AvgIpc) is 2.78. The monoisotopic (exact) mass is 281 g/mol. The van der Waals surface area contributed by atoms with E-state index in [1.807, 2.05) is 4.90 Å². The minimum absolute atomic E-state index is 0.00651. The van der Waals surface area contributed by atoms with Crippen molar-refractivity contribution in [2.75, 3.05) is 18.0 Å². The number of nitrogens with zero attached hydrogens (tertiary/aromatic N) is 4. The third-order valence-corrected chi connectivity index (χ3v) is 3.72. The molecule has 0 spiro atoms. The van der Waals surface area contributed by atoms with Gasteiger partial charge < -0.3 is 10.6 Å². The number of halogens is 2. The summed E-state index contributed by atoms with van der Waals surface area (Å²) in [6, 6.07) is 1.67. The minimum Gasteiger partial charge on any atom is -0.356 e. The van der Waals surface area contributed by atoms with Crippen LogP contribution in [0.1, 0.15) is 24.8 Å². The number of nitrogens with two attached hydrogens (primary N) is 1. The van der Waals surface area contributed by atoms with Crippen molar-refractivity contribution in [3.8, 4) is 0 Å². The molecule has 2 aromatic rings. The molecule has 0 aromatic carbocycles. The van der Waals surface area contributed by atoms with E-state index in [-0.39, 0.29) is 11.6 Å². The molecule has 0 bridgehead atoms. The van der Waals surface area contributed by atoms with E-state index in [9.17, 15) is 8.78 Å². The number of anilines is 1. The van der Waals surface area contributed by atoms with Gasteiger partial charge in [-0.05, 0) is 18.9 Å². The molecule has 3 rings (SSSR count). The average molecular weight is 281 g/mol. The number of pyridine rings is 1. The van der Waals surface area contributed by atoms with Crippen LogP contribution in [0.25, 0.3) is 11.0 Å². The fourth-order valence-corrected chi connectivity index (χ4v) is 2.59. The van der Waals surface area contributed by atoms with Crippen LogP contribution in [-0.2, 0) is 7.05 Å². The molecule has 0 unspecified atom stereocenters. The standard InChI is InChI=1S/C13H17F2N5/c1-19-7-10-9(12(14)15)6-11(17-13(10)18-19)20-4-2-8(16)3-5-20/h6-8,12H,2-5,16H2,1H3. The molecule has 108 valence electrons. The topological polar surface area (TPSA) is 60.0 Å². The molecule has 1 saturated heterocycles. The normalized spacial score (nSPS) is 17.4. The maximum absolute atomic E-state index is 13.2. The van der Waals surface area contributed by atoms with Crippen LogP contribution >= 0.6 is 0 Å². The highest BCUT2D eigenvalue weighted by Gasteiger charge is 2.22. The van der Waals surface area contributed by atoms with Gasteiger partial charge in [-0.3, -0.25) is 4.68 Å². The van der Waals surface area contributed by atoms with Gasteiger partial charge in [-0.25, -0.2) is 13.8 Å². The van der Waals surface area contributed by atoms with Crippen LogP contribution in [0.2, 0.25) is 0 Å². The summed E-state index contributed by atoms with van der Waals surface area (Å²) in [5, 5.41) is 4.56. The summed E-state index contributed by atoms with van der Waals surface area (Å²) < 4.78 is 27.9. The first kappa shape index (κ1) is 13.2. The molecular weight excluding hydrogens is 264 g/mol. The van der Waals surface area contributed by atoms with Crippen LogP contribution in [0.15, 0.2) is 12.3 Å². The lowest BCUT2D eigenvalue weighted by Crippen LogP contribution is -2.40.